The first-order valence-electron chi connectivity index (χ1n) is 5.79. The van der Waals surface area contributed by atoms with Gasteiger partial charge in [-0.3, -0.25) is 4.68 Å². The Balaban J connectivity index is 2.12. The van der Waals surface area contributed by atoms with Crippen molar-refractivity contribution >= 4 is 5.82 Å². The third kappa shape index (κ3) is 3.46. The topological polar surface area (TPSA) is 42.7 Å². The van der Waals surface area contributed by atoms with Gasteiger partial charge in [0.05, 0.1) is 12.2 Å². The largest absolute Gasteiger partial charge is 0.435 e. The molecule has 4 nitrogen and oxygen atoms in total. The molecule has 2 aromatic heterocycles. The summed E-state index contributed by atoms with van der Waals surface area (Å²) in [5, 5.41) is 6.53. The number of pyridine rings is 1. The van der Waals surface area contributed by atoms with Gasteiger partial charge in [-0.25, -0.2) is 4.98 Å². The molecule has 0 aromatic carbocycles. The molecule has 2 aromatic rings. The summed E-state index contributed by atoms with van der Waals surface area (Å²) in [7, 11) is 0. The predicted molar refractivity (Wildman–Crippen MR) is 64.7 cm³/mol. The molecular weight excluding hydrogens is 257 g/mol. The van der Waals surface area contributed by atoms with E-state index >= 15 is 0 Å². The van der Waals surface area contributed by atoms with E-state index < -0.39 is 11.9 Å². The normalized spacial score (nSPS) is 11.6. The highest BCUT2D eigenvalue weighted by molar-refractivity contribution is 5.35. The Hall–Kier alpha value is -2.05. The number of halogens is 3. The first-order valence-corrected chi connectivity index (χ1v) is 5.79. The van der Waals surface area contributed by atoms with Gasteiger partial charge in [-0.05, 0) is 25.1 Å². The molecule has 0 bridgehead atoms. The van der Waals surface area contributed by atoms with Crippen LogP contribution in [0.1, 0.15) is 18.3 Å². The van der Waals surface area contributed by atoms with Crippen LogP contribution in [0.15, 0.2) is 30.5 Å². The highest BCUT2D eigenvalue weighted by Crippen LogP contribution is 2.27. The number of hydrogen-bond donors (Lipinski definition) is 1. The molecule has 19 heavy (non-hydrogen) atoms. The van der Waals surface area contributed by atoms with E-state index in [0.717, 1.165) is 12.6 Å². The van der Waals surface area contributed by atoms with Crippen LogP contribution in [0.4, 0.5) is 19.0 Å². The standard InChI is InChI=1S/C12H13F3N4/c1-2-16-11-5-3-4-9(17-11)8-19-7-6-10(18-19)12(13,14)15/h3-7H,2,8H2,1H3,(H,16,17). The minimum absolute atomic E-state index is 0.204. The van der Waals surface area contributed by atoms with Gasteiger partial charge in [0.15, 0.2) is 5.69 Å². The lowest BCUT2D eigenvalue weighted by Crippen LogP contribution is -2.09. The Morgan fingerprint density at radius 3 is 2.68 bits per heavy atom. The van der Waals surface area contributed by atoms with Crippen LogP contribution in [0.5, 0.6) is 0 Å². The molecular formula is C12H13F3N4. The number of nitrogens with zero attached hydrogens (tertiary/aromatic N) is 3. The summed E-state index contributed by atoms with van der Waals surface area (Å²) in [4.78, 5) is 4.28. The SMILES string of the molecule is CCNc1cccc(Cn2ccc(C(F)(F)F)n2)n1. The third-order valence-electron chi connectivity index (χ3n) is 2.42. The molecule has 0 saturated carbocycles. The van der Waals surface area contributed by atoms with Gasteiger partial charge in [-0.1, -0.05) is 6.07 Å². The summed E-state index contributed by atoms with van der Waals surface area (Å²) in [6, 6.07) is 6.30. The molecule has 0 radical (unpaired) electrons. The van der Waals surface area contributed by atoms with Gasteiger partial charge in [-0.15, -0.1) is 0 Å². The van der Waals surface area contributed by atoms with Crippen LogP contribution < -0.4 is 5.32 Å². The molecule has 0 atom stereocenters. The van der Waals surface area contributed by atoms with E-state index in [1.807, 2.05) is 6.92 Å². The molecule has 2 heterocycles. The van der Waals surface area contributed by atoms with Crippen molar-refractivity contribution < 1.29 is 13.2 Å². The summed E-state index contributed by atoms with van der Waals surface area (Å²) in [6.45, 7) is 2.88. The predicted octanol–water partition coefficient (Wildman–Crippen LogP) is 2.78. The third-order valence-corrected chi connectivity index (χ3v) is 2.42. The van der Waals surface area contributed by atoms with E-state index in [-0.39, 0.29) is 6.54 Å². The van der Waals surface area contributed by atoms with Gasteiger partial charge in [0, 0.05) is 12.7 Å². The molecule has 0 fully saturated rings. The molecule has 0 saturated heterocycles. The molecule has 0 aliphatic carbocycles. The van der Waals surface area contributed by atoms with Crippen molar-refractivity contribution in [1.82, 2.24) is 14.8 Å². The van der Waals surface area contributed by atoms with Crippen molar-refractivity contribution in [2.75, 3.05) is 11.9 Å². The van der Waals surface area contributed by atoms with E-state index in [0.29, 0.717) is 11.5 Å². The highest BCUT2D eigenvalue weighted by Gasteiger charge is 2.33. The number of alkyl halides is 3. The zero-order chi connectivity index (χ0) is 13.9. The molecule has 0 aliphatic rings. The maximum Gasteiger partial charge on any atom is 0.435 e. The van der Waals surface area contributed by atoms with Gasteiger partial charge in [-0.2, -0.15) is 18.3 Å². The van der Waals surface area contributed by atoms with E-state index in [2.05, 4.69) is 15.4 Å². The first-order chi connectivity index (χ1) is 8.99. The van der Waals surface area contributed by atoms with Crippen molar-refractivity contribution in [3.63, 3.8) is 0 Å². The van der Waals surface area contributed by atoms with E-state index in [9.17, 15) is 13.2 Å². The Kier molecular flexibility index (Phi) is 3.73. The second kappa shape index (κ2) is 5.29. The highest BCUT2D eigenvalue weighted by atomic mass is 19.4. The quantitative estimate of drug-likeness (QED) is 0.929. The van der Waals surface area contributed by atoms with Crippen LogP contribution in [-0.4, -0.2) is 21.3 Å². The second-order valence-electron chi connectivity index (χ2n) is 3.94. The van der Waals surface area contributed by atoms with Crippen molar-refractivity contribution in [2.45, 2.75) is 19.6 Å². The van der Waals surface area contributed by atoms with Crippen LogP contribution >= 0.6 is 0 Å². The van der Waals surface area contributed by atoms with Gasteiger partial charge in [0.25, 0.3) is 0 Å². The fourth-order valence-corrected chi connectivity index (χ4v) is 1.61. The number of anilines is 1. The minimum atomic E-state index is -4.41. The summed E-state index contributed by atoms with van der Waals surface area (Å²) in [6.07, 6.45) is -3.12. The fraction of sp³-hybridized carbons (Fsp3) is 0.333. The summed E-state index contributed by atoms with van der Waals surface area (Å²) in [5.74, 6) is 0.697. The average molecular weight is 270 g/mol. The lowest BCUT2D eigenvalue weighted by atomic mass is 10.3. The van der Waals surface area contributed by atoms with Crippen LogP contribution in [-0.2, 0) is 12.7 Å². The lowest BCUT2D eigenvalue weighted by Gasteiger charge is -2.06. The monoisotopic (exact) mass is 270 g/mol. The second-order valence-corrected chi connectivity index (χ2v) is 3.94. The Labute approximate surface area is 108 Å². The smallest absolute Gasteiger partial charge is 0.370 e. The molecule has 0 spiro atoms. The zero-order valence-electron chi connectivity index (χ0n) is 10.3. The van der Waals surface area contributed by atoms with Gasteiger partial charge >= 0.3 is 6.18 Å². The Bertz CT molecular complexity index is 548. The lowest BCUT2D eigenvalue weighted by molar-refractivity contribution is -0.141. The Morgan fingerprint density at radius 1 is 1.26 bits per heavy atom. The van der Waals surface area contributed by atoms with Crippen molar-refractivity contribution in [2.24, 2.45) is 0 Å². The van der Waals surface area contributed by atoms with Crippen LogP contribution in [0.2, 0.25) is 0 Å². The molecule has 1 N–H and O–H groups in total. The zero-order valence-corrected chi connectivity index (χ0v) is 10.3. The van der Waals surface area contributed by atoms with Crippen LogP contribution in [0.3, 0.4) is 0 Å². The summed E-state index contributed by atoms with van der Waals surface area (Å²) >= 11 is 0. The fourth-order valence-electron chi connectivity index (χ4n) is 1.61. The first kappa shape index (κ1) is 13.4. The Morgan fingerprint density at radius 2 is 2.05 bits per heavy atom. The van der Waals surface area contributed by atoms with Crippen LogP contribution in [0, 0.1) is 0 Å². The van der Waals surface area contributed by atoms with E-state index in [1.54, 1.807) is 18.2 Å². The number of aromatic nitrogens is 3. The van der Waals surface area contributed by atoms with Crippen molar-refractivity contribution in [1.29, 1.82) is 0 Å². The van der Waals surface area contributed by atoms with E-state index in [1.165, 1.54) is 10.9 Å². The van der Waals surface area contributed by atoms with Gasteiger partial charge < -0.3 is 5.32 Å². The number of nitrogens with one attached hydrogen (secondary N) is 1. The van der Waals surface area contributed by atoms with E-state index in [4.69, 9.17) is 0 Å². The van der Waals surface area contributed by atoms with Crippen molar-refractivity contribution in [3.8, 4) is 0 Å². The minimum Gasteiger partial charge on any atom is -0.370 e. The van der Waals surface area contributed by atoms with Gasteiger partial charge in [0.2, 0.25) is 0 Å². The maximum absolute atomic E-state index is 12.4. The van der Waals surface area contributed by atoms with Gasteiger partial charge in [0.1, 0.15) is 5.82 Å². The molecule has 102 valence electrons. The molecule has 0 amide bonds. The number of hydrogen-bond acceptors (Lipinski definition) is 3. The van der Waals surface area contributed by atoms with Crippen molar-refractivity contribution in [3.05, 3.63) is 41.9 Å². The molecule has 0 unspecified atom stereocenters. The summed E-state index contributed by atoms with van der Waals surface area (Å²) < 4.78 is 38.4. The number of rotatable bonds is 4. The maximum atomic E-state index is 12.4. The molecule has 2 rings (SSSR count). The molecule has 0 aliphatic heterocycles. The average Bonchev–Trinajstić information content (AvgIpc) is 2.78. The summed E-state index contributed by atoms with van der Waals surface area (Å²) in [5.41, 5.74) is -0.245. The van der Waals surface area contributed by atoms with Crippen LogP contribution in [0.25, 0.3) is 0 Å². The molecule has 7 heteroatoms.